The molecule has 0 aromatic heterocycles. The van der Waals surface area contributed by atoms with Crippen molar-refractivity contribution in [3.05, 3.63) is 64.4 Å². The number of benzene rings is 2. The summed E-state index contributed by atoms with van der Waals surface area (Å²) in [7, 11) is 0. The number of hydrogen-bond donors (Lipinski definition) is 2. The number of rotatable bonds is 2. The minimum Gasteiger partial charge on any atom is -0.321 e. The monoisotopic (exact) mass is 302 g/mol. The van der Waals surface area contributed by atoms with Crippen molar-refractivity contribution < 1.29 is 9.18 Å². The lowest BCUT2D eigenvalue weighted by Gasteiger charge is -2.08. The van der Waals surface area contributed by atoms with Crippen LogP contribution in [0.4, 0.5) is 10.1 Å². The normalized spacial score (nSPS) is 9.67. The smallest absolute Gasteiger partial charge is 0.258 e. The molecule has 21 heavy (non-hydrogen) atoms. The largest absolute Gasteiger partial charge is 0.321 e. The second-order valence-electron chi connectivity index (χ2n) is 4.13. The van der Waals surface area contributed by atoms with Crippen molar-refractivity contribution in [1.82, 2.24) is 0 Å². The molecule has 0 bridgehead atoms. The first kappa shape index (κ1) is 15.0. The van der Waals surface area contributed by atoms with E-state index >= 15 is 0 Å². The number of nitrogens with one attached hydrogen (secondary N) is 1. The van der Waals surface area contributed by atoms with Crippen LogP contribution in [-0.2, 0) is 0 Å². The van der Waals surface area contributed by atoms with E-state index in [9.17, 15) is 9.18 Å². The molecule has 3 N–H and O–H groups in total. The Labute approximate surface area is 126 Å². The van der Waals surface area contributed by atoms with Gasteiger partial charge in [-0.15, -0.1) is 0 Å². The third-order valence-electron chi connectivity index (χ3n) is 2.67. The van der Waals surface area contributed by atoms with Crippen LogP contribution in [0, 0.1) is 17.7 Å². The quantitative estimate of drug-likeness (QED) is 0.838. The molecule has 0 saturated carbocycles. The van der Waals surface area contributed by atoms with Gasteiger partial charge in [0.2, 0.25) is 0 Å². The van der Waals surface area contributed by atoms with Gasteiger partial charge in [0.15, 0.2) is 0 Å². The molecule has 0 unspecified atom stereocenters. The summed E-state index contributed by atoms with van der Waals surface area (Å²) in [4.78, 5) is 12.0. The molecule has 3 nitrogen and oxygen atoms in total. The minimum absolute atomic E-state index is 0.0491. The van der Waals surface area contributed by atoms with Crippen molar-refractivity contribution >= 4 is 23.2 Å². The Balaban J connectivity index is 2.27. The van der Waals surface area contributed by atoms with Gasteiger partial charge in [-0.05, 0) is 30.3 Å². The molecule has 2 aromatic rings. The molecule has 5 heteroatoms. The molecule has 0 radical (unpaired) electrons. The Morgan fingerprint density at radius 3 is 2.76 bits per heavy atom. The molecule has 0 fully saturated rings. The summed E-state index contributed by atoms with van der Waals surface area (Å²) in [6.07, 6.45) is 0. The number of nitrogens with two attached hydrogens (primary N) is 1. The van der Waals surface area contributed by atoms with E-state index in [0.29, 0.717) is 16.3 Å². The first-order chi connectivity index (χ1) is 10.1. The maximum Gasteiger partial charge on any atom is 0.258 e. The first-order valence-corrected chi connectivity index (χ1v) is 6.54. The van der Waals surface area contributed by atoms with Gasteiger partial charge in [0.1, 0.15) is 5.82 Å². The molecular weight excluding hydrogens is 291 g/mol. The molecule has 1 amide bonds. The van der Waals surface area contributed by atoms with Gasteiger partial charge in [-0.1, -0.05) is 35.6 Å². The van der Waals surface area contributed by atoms with Crippen molar-refractivity contribution in [3.8, 4) is 11.8 Å². The van der Waals surface area contributed by atoms with E-state index in [1.54, 1.807) is 24.3 Å². The third-order valence-corrected chi connectivity index (χ3v) is 3.00. The average molecular weight is 303 g/mol. The van der Waals surface area contributed by atoms with Crippen LogP contribution in [0.5, 0.6) is 0 Å². The molecule has 2 aromatic carbocycles. The van der Waals surface area contributed by atoms with Gasteiger partial charge in [0, 0.05) is 5.56 Å². The lowest BCUT2D eigenvalue weighted by atomic mass is 10.1. The van der Waals surface area contributed by atoms with Crippen molar-refractivity contribution in [2.75, 3.05) is 11.9 Å². The van der Waals surface area contributed by atoms with Crippen LogP contribution in [0.15, 0.2) is 42.5 Å². The zero-order valence-electron chi connectivity index (χ0n) is 11.0. The van der Waals surface area contributed by atoms with Gasteiger partial charge in [0.25, 0.3) is 5.91 Å². The zero-order chi connectivity index (χ0) is 15.2. The summed E-state index contributed by atoms with van der Waals surface area (Å²) < 4.78 is 13.6. The van der Waals surface area contributed by atoms with Gasteiger partial charge in [-0.25, -0.2) is 4.39 Å². The molecule has 0 spiro atoms. The number of carbonyl (C=O) groups is 1. The molecule has 0 saturated heterocycles. The van der Waals surface area contributed by atoms with Crippen molar-refractivity contribution in [3.63, 3.8) is 0 Å². The Kier molecular flexibility index (Phi) is 4.94. The highest BCUT2D eigenvalue weighted by molar-refractivity contribution is 6.34. The summed E-state index contributed by atoms with van der Waals surface area (Å²) in [5.41, 5.74) is 6.29. The highest BCUT2D eigenvalue weighted by Gasteiger charge is 2.12. The molecule has 2 rings (SSSR count). The van der Waals surface area contributed by atoms with E-state index in [2.05, 4.69) is 17.2 Å². The fourth-order valence-corrected chi connectivity index (χ4v) is 1.85. The Morgan fingerprint density at radius 1 is 1.29 bits per heavy atom. The number of hydrogen-bond acceptors (Lipinski definition) is 2. The number of halogens is 2. The molecule has 0 aliphatic rings. The molecule has 0 aliphatic carbocycles. The van der Waals surface area contributed by atoms with E-state index < -0.39 is 11.7 Å². The summed E-state index contributed by atoms with van der Waals surface area (Å²) in [5, 5.41) is 2.92. The van der Waals surface area contributed by atoms with Crippen LogP contribution in [0.25, 0.3) is 0 Å². The SMILES string of the molecule is NCC#Cc1ccc(Cl)c(NC(=O)c2ccccc2F)c1. The predicted molar refractivity (Wildman–Crippen MR) is 81.7 cm³/mol. The Morgan fingerprint density at radius 2 is 2.05 bits per heavy atom. The maximum atomic E-state index is 13.6. The second kappa shape index (κ2) is 6.89. The van der Waals surface area contributed by atoms with Crippen molar-refractivity contribution in [1.29, 1.82) is 0 Å². The molecule has 0 aliphatic heterocycles. The Bertz CT molecular complexity index is 735. The van der Waals surface area contributed by atoms with Crippen LogP contribution >= 0.6 is 11.6 Å². The van der Waals surface area contributed by atoms with Crippen LogP contribution in [-0.4, -0.2) is 12.5 Å². The Hall–Kier alpha value is -2.35. The summed E-state index contributed by atoms with van der Waals surface area (Å²) in [6, 6.07) is 10.7. The van der Waals surface area contributed by atoms with E-state index in [1.807, 2.05) is 0 Å². The highest BCUT2D eigenvalue weighted by Crippen LogP contribution is 2.23. The number of anilines is 1. The highest BCUT2D eigenvalue weighted by atomic mass is 35.5. The van der Waals surface area contributed by atoms with Crippen molar-refractivity contribution in [2.24, 2.45) is 5.73 Å². The van der Waals surface area contributed by atoms with E-state index in [4.69, 9.17) is 17.3 Å². The predicted octanol–water partition coefficient (Wildman–Crippen LogP) is 3.04. The molecular formula is C16H12ClFN2O. The summed E-state index contributed by atoms with van der Waals surface area (Å²) in [5.74, 6) is 4.38. The van der Waals surface area contributed by atoms with Crippen LogP contribution in [0.3, 0.4) is 0 Å². The van der Waals surface area contributed by atoms with Crippen molar-refractivity contribution in [2.45, 2.75) is 0 Å². The topological polar surface area (TPSA) is 55.1 Å². The summed E-state index contributed by atoms with van der Waals surface area (Å²) in [6.45, 7) is 0.236. The number of carbonyl (C=O) groups excluding carboxylic acids is 1. The van der Waals surface area contributed by atoms with E-state index in [0.717, 1.165) is 0 Å². The van der Waals surface area contributed by atoms with E-state index in [1.165, 1.54) is 18.2 Å². The summed E-state index contributed by atoms with van der Waals surface area (Å²) >= 11 is 6.02. The zero-order valence-corrected chi connectivity index (χ0v) is 11.7. The fraction of sp³-hybridized carbons (Fsp3) is 0.0625. The number of amides is 1. The standard InChI is InChI=1S/C16H12ClFN2O/c17-13-8-7-11(4-3-9-19)10-15(13)20-16(21)12-5-1-2-6-14(12)18/h1-2,5-8,10H,9,19H2,(H,20,21). The van der Waals surface area contributed by atoms with Crippen LogP contribution in [0.2, 0.25) is 5.02 Å². The molecule has 0 heterocycles. The van der Waals surface area contributed by atoms with Gasteiger partial charge < -0.3 is 11.1 Å². The third kappa shape index (κ3) is 3.82. The van der Waals surface area contributed by atoms with Gasteiger partial charge in [0.05, 0.1) is 22.8 Å². The lowest BCUT2D eigenvalue weighted by molar-refractivity contribution is 0.102. The second-order valence-corrected chi connectivity index (χ2v) is 4.54. The van der Waals surface area contributed by atoms with E-state index in [-0.39, 0.29) is 12.1 Å². The first-order valence-electron chi connectivity index (χ1n) is 6.16. The van der Waals surface area contributed by atoms with Gasteiger partial charge in [-0.2, -0.15) is 0 Å². The van der Waals surface area contributed by atoms with Gasteiger partial charge >= 0.3 is 0 Å². The van der Waals surface area contributed by atoms with Gasteiger partial charge in [-0.3, -0.25) is 4.79 Å². The van der Waals surface area contributed by atoms with Crippen LogP contribution < -0.4 is 11.1 Å². The molecule has 0 atom stereocenters. The molecule has 106 valence electrons. The van der Waals surface area contributed by atoms with Crippen LogP contribution in [0.1, 0.15) is 15.9 Å². The fourth-order valence-electron chi connectivity index (χ4n) is 1.69. The average Bonchev–Trinajstić information content (AvgIpc) is 2.48. The maximum absolute atomic E-state index is 13.6. The minimum atomic E-state index is -0.592. The lowest BCUT2D eigenvalue weighted by Crippen LogP contribution is -2.14.